The predicted molar refractivity (Wildman–Crippen MR) is 205 cm³/mol. The number of ether oxygens (including phenoxy) is 2. The molecule has 6 aliphatic rings. The summed E-state index contributed by atoms with van der Waals surface area (Å²) >= 11 is 0. The van der Waals surface area contributed by atoms with Crippen molar-refractivity contribution in [3.8, 4) is 0 Å². The highest BCUT2D eigenvalue weighted by Gasteiger charge is 2.70. The maximum Gasteiger partial charge on any atom is 0.407 e. The summed E-state index contributed by atoms with van der Waals surface area (Å²) in [5.41, 5.74) is 3.62. The van der Waals surface area contributed by atoms with Crippen molar-refractivity contribution in [2.75, 3.05) is 51.9 Å². The second kappa shape index (κ2) is 13.4. The van der Waals surface area contributed by atoms with Crippen molar-refractivity contribution < 1.29 is 27.5 Å². The van der Waals surface area contributed by atoms with E-state index in [1.165, 1.54) is 57.5 Å². The minimum atomic E-state index is -2.90. The number of alkyl carbamates (subject to hydrolysis) is 1. The number of hydrogen-bond donors (Lipinski definition) is 2. The van der Waals surface area contributed by atoms with Gasteiger partial charge in [-0.15, -0.1) is 0 Å². The molecule has 5 fully saturated rings. The van der Waals surface area contributed by atoms with E-state index in [-0.39, 0.29) is 56.8 Å². The van der Waals surface area contributed by atoms with Crippen LogP contribution >= 0.6 is 0 Å². The van der Waals surface area contributed by atoms with Crippen LogP contribution in [0.2, 0.25) is 0 Å². The molecule has 0 bridgehead atoms. The van der Waals surface area contributed by atoms with Gasteiger partial charge >= 0.3 is 12.1 Å². The molecule has 9 nitrogen and oxygen atoms in total. The quantitative estimate of drug-likeness (QED) is 0.297. The zero-order valence-electron chi connectivity index (χ0n) is 32.7. The fraction of sp³-hybridized carbons (Fsp3) is 0.762. The van der Waals surface area contributed by atoms with E-state index in [2.05, 4.69) is 68.4 Å². The molecular weight excluding hydrogens is 675 g/mol. The summed E-state index contributed by atoms with van der Waals surface area (Å²) in [7, 11) is -0.0109. The Morgan fingerprint density at radius 3 is 2.23 bits per heavy atom. The average molecular weight is 738 g/mol. The fourth-order valence-corrected chi connectivity index (χ4v) is 15.0. The highest BCUT2D eigenvalue weighted by Crippen LogP contribution is 2.76. The van der Waals surface area contributed by atoms with Gasteiger partial charge in [0.1, 0.15) is 0 Å². The van der Waals surface area contributed by atoms with Crippen LogP contribution < -0.4 is 10.6 Å². The SMILES string of the molecule is COC(=O)NC1CCC2(NCCN3CCS(=O)(=O)CC3)CCC3(C)C(CCC4C5(C)CC=C(c6ccc(C(=O)OC)cc6)C(C)(C)C5CCC43C)C12. The summed E-state index contributed by atoms with van der Waals surface area (Å²) in [6.07, 6.45) is 12.3. The molecule has 0 spiro atoms. The Kier molecular flexibility index (Phi) is 9.76. The number of hydrogen-bond acceptors (Lipinski definition) is 8. The molecule has 1 saturated heterocycles. The lowest BCUT2D eigenvalue weighted by atomic mass is 9.33. The van der Waals surface area contributed by atoms with Gasteiger partial charge in [0.05, 0.1) is 31.3 Å². The molecule has 9 unspecified atom stereocenters. The highest BCUT2D eigenvalue weighted by molar-refractivity contribution is 7.91. The number of benzene rings is 1. The smallest absolute Gasteiger partial charge is 0.407 e. The van der Waals surface area contributed by atoms with Crippen LogP contribution in [0.1, 0.15) is 108 Å². The summed E-state index contributed by atoms with van der Waals surface area (Å²) in [6, 6.07) is 8.06. The Morgan fingerprint density at radius 1 is 0.846 bits per heavy atom. The van der Waals surface area contributed by atoms with E-state index in [1.807, 2.05) is 12.1 Å². The minimum Gasteiger partial charge on any atom is -0.465 e. The van der Waals surface area contributed by atoms with Crippen LogP contribution in [-0.2, 0) is 19.3 Å². The number of allylic oxidation sites excluding steroid dienone is 2. The van der Waals surface area contributed by atoms with Crippen LogP contribution in [0.25, 0.3) is 5.57 Å². The molecule has 5 aliphatic carbocycles. The maximum absolute atomic E-state index is 12.8. The summed E-state index contributed by atoms with van der Waals surface area (Å²) in [4.78, 5) is 27.2. The molecule has 1 aromatic carbocycles. The molecule has 4 saturated carbocycles. The largest absolute Gasteiger partial charge is 0.465 e. The van der Waals surface area contributed by atoms with E-state index in [0.717, 1.165) is 38.8 Å². The predicted octanol–water partition coefficient (Wildman–Crippen LogP) is 6.73. The van der Waals surface area contributed by atoms with E-state index in [0.29, 0.717) is 42.3 Å². The number of esters is 1. The van der Waals surface area contributed by atoms with E-state index >= 15 is 0 Å². The van der Waals surface area contributed by atoms with E-state index in [4.69, 9.17) is 9.47 Å². The number of amides is 1. The molecule has 52 heavy (non-hydrogen) atoms. The van der Waals surface area contributed by atoms with Gasteiger partial charge in [0.15, 0.2) is 9.84 Å². The molecule has 0 radical (unpaired) electrons. The van der Waals surface area contributed by atoms with Crippen molar-refractivity contribution in [2.45, 2.75) is 104 Å². The summed E-state index contributed by atoms with van der Waals surface area (Å²) < 4.78 is 34.2. The van der Waals surface area contributed by atoms with Gasteiger partial charge in [0, 0.05) is 43.7 Å². The lowest BCUT2D eigenvalue weighted by molar-refractivity contribution is -0.218. The average Bonchev–Trinajstić information content (AvgIpc) is 3.46. The summed E-state index contributed by atoms with van der Waals surface area (Å²) in [5.74, 6) is 2.16. The Bertz CT molecular complexity index is 1680. The van der Waals surface area contributed by atoms with Gasteiger partial charge < -0.3 is 25.0 Å². The van der Waals surface area contributed by atoms with Crippen LogP contribution in [0.5, 0.6) is 0 Å². The number of carbonyl (C=O) groups is 2. The summed E-state index contributed by atoms with van der Waals surface area (Å²) in [5, 5.41) is 7.42. The van der Waals surface area contributed by atoms with Gasteiger partial charge in [0.25, 0.3) is 0 Å². The first-order chi connectivity index (χ1) is 24.5. The first-order valence-corrected chi connectivity index (χ1v) is 21.8. The maximum atomic E-state index is 12.8. The fourth-order valence-electron chi connectivity index (χ4n) is 13.7. The van der Waals surface area contributed by atoms with E-state index in [9.17, 15) is 18.0 Å². The Hall–Kier alpha value is -2.43. The zero-order valence-corrected chi connectivity index (χ0v) is 33.5. The monoisotopic (exact) mass is 737 g/mol. The molecule has 1 amide bonds. The van der Waals surface area contributed by atoms with Crippen molar-refractivity contribution in [2.24, 2.45) is 45.3 Å². The summed E-state index contributed by atoms with van der Waals surface area (Å²) in [6.45, 7) is 15.7. The van der Waals surface area contributed by atoms with Crippen molar-refractivity contribution in [3.05, 3.63) is 41.5 Å². The van der Waals surface area contributed by atoms with Gasteiger partial charge in [-0.2, -0.15) is 0 Å². The zero-order chi connectivity index (χ0) is 37.3. The van der Waals surface area contributed by atoms with Gasteiger partial charge in [-0.05, 0) is 120 Å². The van der Waals surface area contributed by atoms with Gasteiger partial charge in [-0.1, -0.05) is 52.8 Å². The van der Waals surface area contributed by atoms with Crippen molar-refractivity contribution >= 4 is 27.5 Å². The molecule has 1 aromatic rings. The lowest BCUT2D eigenvalue weighted by Crippen LogP contribution is -2.69. The normalized spacial score (nSPS) is 40.6. The molecule has 0 aromatic heterocycles. The Balaban J connectivity index is 1.15. The third-order valence-electron chi connectivity index (χ3n) is 16.5. The Labute approximate surface area is 312 Å². The first-order valence-electron chi connectivity index (χ1n) is 20.0. The van der Waals surface area contributed by atoms with Crippen molar-refractivity contribution in [1.29, 1.82) is 0 Å². The number of methoxy groups -OCH3 is 2. The molecule has 1 heterocycles. The number of rotatable bonds is 7. The van der Waals surface area contributed by atoms with Gasteiger partial charge in [0.2, 0.25) is 0 Å². The molecule has 2 N–H and O–H groups in total. The van der Waals surface area contributed by atoms with E-state index in [1.54, 1.807) is 0 Å². The number of nitrogens with one attached hydrogen (secondary N) is 2. The highest BCUT2D eigenvalue weighted by atomic mass is 32.2. The third-order valence-corrected chi connectivity index (χ3v) is 18.1. The second-order valence-corrected chi connectivity index (χ2v) is 21.0. The first kappa shape index (κ1) is 37.9. The molecular formula is C42H63N3O6S. The van der Waals surface area contributed by atoms with Crippen LogP contribution in [0.4, 0.5) is 4.79 Å². The standard InChI is InChI=1S/C42H63N3O6S/c1-38(2)30(28-8-10-29(11-9-28)36(46)50-6)14-17-39(3)33(38)16-18-41(5)34(39)13-12-31-35-32(44-37(47)51-7)15-19-42(35,21-20-40(31,41)4)43-22-23-45-24-26-52(48,49)27-25-45/h8-11,14,31-35,43H,12-13,15-27H2,1-7H3,(H,44,47). The number of nitrogens with zero attached hydrogens (tertiary/aromatic N) is 1. The van der Waals surface area contributed by atoms with Crippen LogP contribution in [-0.4, -0.2) is 88.9 Å². The lowest BCUT2D eigenvalue weighted by Gasteiger charge is -2.72. The molecule has 10 heteroatoms. The van der Waals surface area contributed by atoms with Crippen molar-refractivity contribution in [3.63, 3.8) is 0 Å². The third kappa shape index (κ3) is 5.96. The van der Waals surface area contributed by atoms with Gasteiger partial charge in [-0.25, -0.2) is 18.0 Å². The molecule has 1 aliphatic heterocycles. The van der Waals surface area contributed by atoms with Crippen molar-refractivity contribution in [1.82, 2.24) is 15.5 Å². The topological polar surface area (TPSA) is 114 Å². The number of fused-ring (bicyclic) bond motifs is 7. The second-order valence-electron chi connectivity index (χ2n) is 18.7. The molecule has 288 valence electrons. The van der Waals surface area contributed by atoms with Crippen LogP contribution in [0.3, 0.4) is 0 Å². The van der Waals surface area contributed by atoms with Gasteiger partial charge in [-0.3, -0.25) is 0 Å². The molecule has 7 rings (SSSR count). The van der Waals surface area contributed by atoms with Crippen LogP contribution in [0.15, 0.2) is 30.3 Å². The van der Waals surface area contributed by atoms with Crippen LogP contribution in [0, 0.1) is 45.3 Å². The number of sulfone groups is 1. The number of carbonyl (C=O) groups excluding carboxylic acids is 2. The van der Waals surface area contributed by atoms with E-state index < -0.39 is 9.84 Å². The minimum absolute atomic E-state index is 0.00989. The Morgan fingerprint density at radius 2 is 1.56 bits per heavy atom. The molecule has 9 atom stereocenters.